The first-order valence-electron chi connectivity index (χ1n) is 5.90. The number of hydrogen-bond acceptors (Lipinski definition) is 4. The summed E-state index contributed by atoms with van der Waals surface area (Å²) in [6.07, 6.45) is 0. The maximum atomic E-state index is 12.3. The monoisotopic (exact) mass is 319 g/mol. The van der Waals surface area contributed by atoms with E-state index >= 15 is 0 Å². The minimum atomic E-state index is -3.84. The van der Waals surface area contributed by atoms with Crippen LogP contribution < -0.4 is 4.72 Å². The maximum absolute atomic E-state index is 12.3. The topological polar surface area (TPSA) is 92.7 Å². The average Bonchev–Trinajstić information content (AvgIpc) is 2.79. The number of ether oxygens (including phenoxy) is 1. The van der Waals surface area contributed by atoms with Gasteiger partial charge in [-0.05, 0) is 24.6 Å². The molecule has 0 aliphatic carbocycles. The van der Waals surface area contributed by atoms with Crippen molar-refractivity contribution in [3.63, 3.8) is 0 Å². The molecule has 1 fully saturated rings. The number of carboxylic acid groups (broad SMARTS) is 1. The first-order valence-corrected chi connectivity index (χ1v) is 7.76. The third-order valence-electron chi connectivity index (χ3n) is 3.14. The molecule has 0 bridgehead atoms. The van der Waals surface area contributed by atoms with Crippen LogP contribution in [0.3, 0.4) is 0 Å². The number of aryl methyl sites for hydroxylation is 1. The molecule has 110 valence electrons. The number of aliphatic carboxylic acids is 1. The largest absolute Gasteiger partial charge is 0.481 e. The van der Waals surface area contributed by atoms with E-state index in [0.717, 1.165) is 0 Å². The van der Waals surface area contributed by atoms with E-state index in [9.17, 15) is 13.2 Å². The summed E-state index contributed by atoms with van der Waals surface area (Å²) in [5, 5.41) is 9.31. The van der Waals surface area contributed by atoms with Crippen molar-refractivity contribution in [2.45, 2.75) is 17.9 Å². The van der Waals surface area contributed by atoms with Gasteiger partial charge in [-0.3, -0.25) is 4.79 Å². The summed E-state index contributed by atoms with van der Waals surface area (Å²) >= 11 is 5.81. The van der Waals surface area contributed by atoms with Gasteiger partial charge in [0.15, 0.2) is 0 Å². The molecule has 1 aromatic carbocycles. The standard InChI is InChI=1S/C12H14ClNO5S/c1-7-2-3-8(13)4-11(7)20(17,18)14-10-6-19-5-9(10)12(15)16/h2-4,9-10,14H,5-6H2,1H3,(H,15,16)/t9-,10+/m0/s1. The molecule has 0 spiro atoms. The highest BCUT2D eigenvalue weighted by Gasteiger charge is 2.37. The maximum Gasteiger partial charge on any atom is 0.310 e. The van der Waals surface area contributed by atoms with Crippen LogP contribution in [0.5, 0.6) is 0 Å². The number of benzene rings is 1. The molecule has 1 saturated heterocycles. The van der Waals surface area contributed by atoms with Gasteiger partial charge in [-0.1, -0.05) is 17.7 Å². The molecular weight excluding hydrogens is 306 g/mol. The summed E-state index contributed by atoms with van der Waals surface area (Å²) in [4.78, 5) is 11.1. The molecule has 0 aromatic heterocycles. The van der Waals surface area contributed by atoms with Gasteiger partial charge in [0.25, 0.3) is 0 Å². The molecule has 1 aliphatic rings. The number of nitrogens with one attached hydrogen (secondary N) is 1. The molecular formula is C12H14ClNO5S. The van der Waals surface area contributed by atoms with Crippen molar-refractivity contribution >= 4 is 27.6 Å². The zero-order chi connectivity index (χ0) is 14.9. The van der Waals surface area contributed by atoms with E-state index in [1.165, 1.54) is 6.07 Å². The summed E-state index contributed by atoms with van der Waals surface area (Å²) in [5.41, 5.74) is 0.535. The van der Waals surface area contributed by atoms with E-state index < -0.39 is 28.0 Å². The van der Waals surface area contributed by atoms with E-state index in [0.29, 0.717) is 10.6 Å². The minimum absolute atomic E-state index is 0.00293. The molecule has 0 saturated carbocycles. The van der Waals surface area contributed by atoms with E-state index in [4.69, 9.17) is 21.4 Å². The molecule has 0 unspecified atom stereocenters. The van der Waals surface area contributed by atoms with Crippen LogP contribution in [0.1, 0.15) is 5.56 Å². The van der Waals surface area contributed by atoms with E-state index in [1.807, 2.05) is 0 Å². The van der Waals surface area contributed by atoms with Gasteiger partial charge in [-0.15, -0.1) is 0 Å². The van der Waals surface area contributed by atoms with E-state index in [-0.39, 0.29) is 18.1 Å². The summed E-state index contributed by atoms with van der Waals surface area (Å²) in [6, 6.07) is 3.74. The lowest BCUT2D eigenvalue weighted by atomic mass is 10.1. The molecule has 8 heteroatoms. The zero-order valence-electron chi connectivity index (χ0n) is 10.7. The molecule has 1 aromatic rings. The quantitative estimate of drug-likeness (QED) is 0.864. The molecule has 0 radical (unpaired) electrons. The van der Waals surface area contributed by atoms with Gasteiger partial charge in [0.2, 0.25) is 10.0 Å². The fourth-order valence-corrected chi connectivity index (χ4v) is 3.81. The van der Waals surface area contributed by atoms with Crippen LogP contribution in [-0.4, -0.2) is 38.7 Å². The highest BCUT2D eigenvalue weighted by Crippen LogP contribution is 2.22. The Morgan fingerprint density at radius 1 is 1.45 bits per heavy atom. The number of carbonyl (C=O) groups is 1. The van der Waals surface area contributed by atoms with Crippen molar-refractivity contribution in [1.29, 1.82) is 0 Å². The fraction of sp³-hybridized carbons (Fsp3) is 0.417. The van der Waals surface area contributed by atoms with Gasteiger partial charge in [0, 0.05) is 5.02 Å². The molecule has 20 heavy (non-hydrogen) atoms. The van der Waals surface area contributed by atoms with E-state index in [2.05, 4.69) is 4.72 Å². The molecule has 0 amide bonds. The lowest BCUT2D eigenvalue weighted by Crippen LogP contribution is -2.42. The Morgan fingerprint density at radius 2 is 2.15 bits per heavy atom. The second-order valence-corrected chi connectivity index (χ2v) is 6.74. The molecule has 2 N–H and O–H groups in total. The minimum Gasteiger partial charge on any atom is -0.481 e. The predicted octanol–water partition coefficient (Wildman–Crippen LogP) is 1.03. The third-order valence-corrected chi connectivity index (χ3v) is 5.01. The van der Waals surface area contributed by atoms with Crippen molar-refractivity contribution in [3.8, 4) is 0 Å². The summed E-state index contributed by atoms with van der Waals surface area (Å²) in [6.45, 7) is 1.68. The predicted molar refractivity (Wildman–Crippen MR) is 72.2 cm³/mol. The lowest BCUT2D eigenvalue weighted by molar-refractivity contribution is -0.142. The molecule has 1 heterocycles. The lowest BCUT2D eigenvalue weighted by Gasteiger charge is -2.17. The van der Waals surface area contributed by atoms with Crippen molar-refractivity contribution in [1.82, 2.24) is 4.72 Å². The Morgan fingerprint density at radius 3 is 2.80 bits per heavy atom. The number of hydrogen-bond donors (Lipinski definition) is 2. The van der Waals surface area contributed by atoms with Gasteiger partial charge in [0.1, 0.15) is 0 Å². The van der Waals surface area contributed by atoms with E-state index in [1.54, 1.807) is 19.1 Å². The normalized spacial score (nSPS) is 22.9. The van der Waals surface area contributed by atoms with Crippen molar-refractivity contribution < 1.29 is 23.1 Å². The van der Waals surface area contributed by atoms with Crippen LogP contribution in [0, 0.1) is 12.8 Å². The Bertz CT molecular complexity index is 631. The van der Waals surface area contributed by atoms with Gasteiger partial charge >= 0.3 is 5.97 Å². The Labute approximate surface area is 121 Å². The molecule has 1 aliphatic heterocycles. The molecule has 2 rings (SSSR count). The van der Waals surface area contributed by atoms with Gasteiger partial charge in [0.05, 0.1) is 30.1 Å². The number of halogens is 1. The SMILES string of the molecule is Cc1ccc(Cl)cc1S(=O)(=O)N[C@@H]1COC[C@@H]1C(=O)O. The van der Waals surface area contributed by atoms with Crippen molar-refractivity contribution in [2.75, 3.05) is 13.2 Å². The summed E-state index contributed by atoms with van der Waals surface area (Å²) < 4.78 is 32.0. The highest BCUT2D eigenvalue weighted by molar-refractivity contribution is 7.89. The van der Waals surface area contributed by atoms with Crippen LogP contribution >= 0.6 is 11.6 Å². The number of sulfonamides is 1. The summed E-state index contributed by atoms with van der Waals surface area (Å²) in [7, 11) is -3.84. The zero-order valence-corrected chi connectivity index (χ0v) is 12.2. The first kappa shape index (κ1) is 15.2. The Kier molecular flexibility index (Phi) is 4.33. The van der Waals surface area contributed by atoms with Gasteiger partial charge in [-0.25, -0.2) is 13.1 Å². The second-order valence-electron chi connectivity index (χ2n) is 4.62. The number of carboxylic acids is 1. The molecule has 6 nitrogen and oxygen atoms in total. The fourth-order valence-electron chi connectivity index (χ4n) is 2.04. The van der Waals surface area contributed by atoms with Crippen molar-refractivity contribution in [2.24, 2.45) is 5.92 Å². The Hall–Kier alpha value is -1.15. The van der Waals surface area contributed by atoms with Crippen molar-refractivity contribution in [3.05, 3.63) is 28.8 Å². The second kappa shape index (κ2) is 5.69. The average molecular weight is 320 g/mol. The first-order chi connectivity index (χ1) is 9.31. The van der Waals surface area contributed by atoms with Crippen LogP contribution in [0.15, 0.2) is 23.1 Å². The van der Waals surface area contributed by atoms with Gasteiger partial charge in [-0.2, -0.15) is 0 Å². The molecule has 2 atom stereocenters. The smallest absolute Gasteiger partial charge is 0.310 e. The van der Waals surface area contributed by atoms with Gasteiger partial charge < -0.3 is 9.84 Å². The van der Waals surface area contributed by atoms with Crippen LogP contribution in [0.25, 0.3) is 0 Å². The highest BCUT2D eigenvalue weighted by atomic mass is 35.5. The Balaban J connectivity index is 2.27. The number of rotatable bonds is 4. The van der Waals surface area contributed by atoms with Crippen LogP contribution in [0.4, 0.5) is 0 Å². The van der Waals surface area contributed by atoms with Crippen LogP contribution in [0.2, 0.25) is 5.02 Å². The third kappa shape index (κ3) is 3.12. The summed E-state index contributed by atoms with van der Waals surface area (Å²) in [5.74, 6) is -1.97. The van der Waals surface area contributed by atoms with Crippen LogP contribution in [-0.2, 0) is 19.6 Å².